The highest BCUT2D eigenvalue weighted by Crippen LogP contribution is 2.35. The fraction of sp³-hybridized carbons (Fsp3) is 0.500. The third-order valence-electron chi connectivity index (χ3n) is 6.52. The highest BCUT2D eigenvalue weighted by atomic mass is 32.2. The number of ether oxygens (including phenoxy) is 3. The lowest BCUT2D eigenvalue weighted by atomic mass is 10.1. The third kappa shape index (κ3) is 7.78. The maximum atomic E-state index is 13.9. The van der Waals surface area contributed by atoms with Crippen LogP contribution < -0.4 is 23.8 Å². The zero-order valence-corrected chi connectivity index (χ0v) is 24.0. The molecule has 39 heavy (non-hydrogen) atoms. The first-order chi connectivity index (χ1) is 18.7. The number of anilines is 1. The summed E-state index contributed by atoms with van der Waals surface area (Å²) in [6.07, 6.45) is 2.11. The van der Waals surface area contributed by atoms with Gasteiger partial charge in [-0.2, -0.15) is 0 Å². The Morgan fingerprint density at radius 1 is 1.03 bits per heavy atom. The second kappa shape index (κ2) is 14.1. The Morgan fingerprint density at radius 2 is 1.72 bits per heavy atom. The van der Waals surface area contributed by atoms with Gasteiger partial charge < -0.3 is 24.4 Å². The minimum atomic E-state index is -3.85. The van der Waals surface area contributed by atoms with E-state index in [-0.39, 0.29) is 18.2 Å². The minimum Gasteiger partial charge on any atom is -0.497 e. The molecule has 1 atom stereocenters. The Hall–Kier alpha value is -3.47. The number of hydrogen-bond acceptors (Lipinski definition) is 7. The third-order valence-corrected chi connectivity index (χ3v) is 8.26. The summed E-state index contributed by atoms with van der Waals surface area (Å²) >= 11 is 0. The molecule has 0 aromatic heterocycles. The van der Waals surface area contributed by atoms with Crippen LogP contribution in [0.15, 0.2) is 42.5 Å². The molecule has 1 aliphatic rings. The summed E-state index contributed by atoms with van der Waals surface area (Å²) in [5.74, 6) is 0.634. The van der Waals surface area contributed by atoms with Gasteiger partial charge in [0.05, 0.1) is 18.6 Å². The van der Waals surface area contributed by atoms with Crippen LogP contribution in [0, 0.1) is 0 Å². The molecule has 0 radical (unpaired) electrons. The predicted octanol–water partition coefficient (Wildman–Crippen LogP) is 3.35. The number of unbranched alkanes of at least 4 members (excludes halogenated alkanes) is 1. The Labute approximate surface area is 231 Å². The van der Waals surface area contributed by atoms with Crippen molar-refractivity contribution in [3.05, 3.63) is 48.0 Å². The lowest BCUT2D eigenvalue weighted by molar-refractivity contribution is -0.140. The van der Waals surface area contributed by atoms with Crippen molar-refractivity contribution in [1.82, 2.24) is 10.2 Å². The van der Waals surface area contributed by atoms with Gasteiger partial charge in [-0.1, -0.05) is 32.4 Å². The van der Waals surface area contributed by atoms with Crippen molar-refractivity contribution in [3.63, 3.8) is 0 Å². The van der Waals surface area contributed by atoms with E-state index < -0.39 is 28.5 Å². The SMILES string of the molecule is CCCCNC(=O)[C@H](CC)N(Cc1ccc(OC)cc1)C(=O)CN(c1ccc2c(c1)OCCO2)S(=O)(=O)CC. The van der Waals surface area contributed by atoms with Crippen LogP contribution >= 0.6 is 0 Å². The summed E-state index contributed by atoms with van der Waals surface area (Å²) in [5.41, 5.74) is 1.08. The van der Waals surface area contributed by atoms with Crippen LogP contribution in [0.4, 0.5) is 5.69 Å². The first-order valence-corrected chi connectivity index (χ1v) is 14.9. The molecule has 214 valence electrons. The lowest BCUT2D eigenvalue weighted by Crippen LogP contribution is -2.52. The fourth-order valence-electron chi connectivity index (χ4n) is 4.26. The summed E-state index contributed by atoms with van der Waals surface area (Å²) in [7, 11) is -2.28. The Kier molecular flexibility index (Phi) is 10.8. The Bertz CT molecular complexity index is 1220. The largest absolute Gasteiger partial charge is 0.497 e. The first-order valence-electron chi connectivity index (χ1n) is 13.3. The van der Waals surface area contributed by atoms with Gasteiger partial charge in [-0.3, -0.25) is 13.9 Å². The maximum Gasteiger partial charge on any atom is 0.244 e. The maximum absolute atomic E-state index is 13.9. The highest BCUT2D eigenvalue weighted by Gasteiger charge is 2.32. The number of carbonyl (C=O) groups excluding carboxylic acids is 2. The van der Waals surface area contributed by atoms with E-state index in [9.17, 15) is 18.0 Å². The van der Waals surface area contributed by atoms with Crippen LogP contribution in [0.3, 0.4) is 0 Å². The predicted molar refractivity (Wildman–Crippen MR) is 150 cm³/mol. The van der Waals surface area contributed by atoms with Crippen LogP contribution in [-0.4, -0.2) is 70.3 Å². The second-order valence-corrected chi connectivity index (χ2v) is 11.4. The van der Waals surface area contributed by atoms with Crippen LogP contribution in [0.5, 0.6) is 17.2 Å². The molecular weight excluding hydrogens is 522 g/mol. The van der Waals surface area contributed by atoms with Crippen molar-refractivity contribution >= 4 is 27.5 Å². The highest BCUT2D eigenvalue weighted by molar-refractivity contribution is 7.92. The number of methoxy groups -OCH3 is 1. The van der Waals surface area contributed by atoms with Crippen molar-refractivity contribution in [3.8, 4) is 17.2 Å². The van der Waals surface area contributed by atoms with E-state index in [1.807, 2.05) is 26.0 Å². The first kappa shape index (κ1) is 30.1. The van der Waals surface area contributed by atoms with Crippen molar-refractivity contribution in [2.24, 2.45) is 0 Å². The minimum absolute atomic E-state index is 0.129. The van der Waals surface area contributed by atoms with E-state index in [0.29, 0.717) is 49.1 Å². The fourth-order valence-corrected chi connectivity index (χ4v) is 5.31. The molecule has 2 aromatic rings. The average molecular weight is 562 g/mol. The van der Waals surface area contributed by atoms with Gasteiger partial charge >= 0.3 is 0 Å². The summed E-state index contributed by atoms with van der Waals surface area (Å²) in [5, 5.41) is 2.92. The molecule has 10 nitrogen and oxygen atoms in total. The zero-order chi connectivity index (χ0) is 28.4. The molecule has 0 aliphatic carbocycles. The molecule has 3 rings (SSSR count). The molecule has 1 heterocycles. The van der Waals surface area contributed by atoms with Crippen LogP contribution in [-0.2, 0) is 26.2 Å². The van der Waals surface area contributed by atoms with Gasteiger partial charge in [0.25, 0.3) is 0 Å². The van der Waals surface area contributed by atoms with Gasteiger partial charge in [0, 0.05) is 19.2 Å². The molecule has 2 aromatic carbocycles. The molecule has 1 N–H and O–H groups in total. The quantitative estimate of drug-likeness (QED) is 0.352. The number of sulfonamides is 1. The summed E-state index contributed by atoms with van der Waals surface area (Å²) in [4.78, 5) is 28.5. The number of hydrogen-bond donors (Lipinski definition) is 1. The topological polar surface area (TPSA) is 114 Å². The summed E-state index contributed by atoms with van der Waals surface area (Å²) in [6.45, 7) is 6.30. The van der Waals surface area contributed by atoms with Crippen molar-refractivity contribution in [2.75, 3.05) is 43.5 Å². The van der Waals surface area contributed by atoms with Gasteiger partial charge in [-0.25, -0.2) is 8.42 Å². The molecule has 0 fully saturated rings. The number of rotatable bonds is 14. The molecular formula is C28H39N3O7S. The van der Waals surface area contributed by atoms with Crippen molar-refractivity contribution < 1.29 is 32.2 Å². The van der Waals surface area contributed by atoms with Gasteiger partial charge in [0.15, 0.2) is 11.5 Å². The van der Waals surface area contributed by atoms with Crippen molar-refractivity contribution in [1.29, 1.82) is 0 Å². The summed E-state index contributed by atoms with van der Waals surface area (Å²) in [6, 6.07) is 11.2. The number of nitrogens with one attached hydrogen (secondary N) is 1. The van der Waals surface area contributed by atoms with Gasteiger partial charge in [0.1, 0.15) is 31.5 Å². The standard InChI is InChI=1S/C28H39N3O7S/c1-5-8-15-29-28(33)24(6-2)30(19-21-9-12-23(36-4)13-10-21)27(32)20-31(39(34,35)7-3)22-11-14-25-26(18-22)38-17-16-37-25/h9-14,18,24H,5-8,15-17,19-20H2,1-4H3,(H,29,33)/t24-/m0/s1. The normalized spacial score (nSPS) is 13.3. The van der Waals surface area contributed by atoms with E-state index in [0.717, 1.165) is 22.7 Å². The monoisotopic (exact) mass is 561 g/mol. The Balaban J connectivity index is 1.95. The average Bonchev–Trinajstić information content (AvgIpc) is 2.95. The van der Waals surface area contributed by atoms with E-state index in [4.69, 9.17) is 14.2 Å². The van der Waals surface area contributed by atoms with E-state index in [1.165, 1.54) is 11.8 Å². The molecule has 0 unspecified atom stereocenters. The van der Waals surface area contributed by atoms with E-state index in [2.05, 4.69) is 5.32 Å². The number of carbonyl (C=O) groups is 2. The lowest BCUT2D eigenvalue weighted by Gasteiger charge is -2.33. The van der Waals surface area contributed by atoms with E-state index >= 15 is 0 Å². The molecule has 0 saturated heterocycles. The molecule has 0 bridgehead atoms. The molecule has 2 amide bonds. The number of nitrogens with zero attached hydrogens (tertiary/aromatic N) is 2. The number of amides is 2. The van der Waals surface area contributed by atoms with Gasteiger partial charge in [-0.15, -0.1) is 0 Å². The van der Waals surface area contributed by atoms with Crippen LogP contribution in [0.25, 0.3) is 0 Å². The molecule has 11 heteroatoms. The Morgan fingerprint density at radius 3 is 2.33 bits per heavy atom. The van der Waals surface area contributed by atoms with Crippen molar-refractivity contribution in [2.45, 2.75) is 52.6 Å². The molecule has 1 aliphatic heterocycles. The summed E-state index contributed by atoms with van der Waals surface area (Å²) < 4.78 is 43.9. The second-order valence-electron chi connectivity index (χ2n) is 9.17. The van der Waals surface area contributed by atoms with Gasteiger partial charge in [0.2, 0.25) is 21.8 Å². The molecule has 0 saturated carbocycles. The zero-order valence-electron chi connectivity index (χ0n) is 23.1. The smallest absolute Gasteiger partial charge is 0.244 e. The molecule has 0 spiro atoms. The number of benzene rings is 2. The van der Waals surface area contributed by atoms with Crippen LogP contribution in [0.2, 0.25) is 0 Å². The van der Waals surface area contributed by atoms with Gasteiger partial charge in [-0.05, 0) is 49.6 Å². The number of fused-ring (bicyclic) bond motifs is 1. The van der Waals surface area contributed by atoms with Crippen LogP contribution in [0.1, 0.15) is 45.6 Å². The van der Waals surface area contributed by atoms with E-state index in [1.54, 1.807) is 37.4 Å².